The lowest BCUT2D eigenvalue weighted by atomic mass is 10.1. The molecule has 4 nitrogen and oxygen atoms in total. The summed E-state index contributed by atoms with van der Waals surface area (Å²) in [6.07, 6.45) is 1.55. The van der Waals surface area contributed by atoms with Crippen LogP contribution in [0.2, 0.25) is 0 Å². The lowest BCUT2D eigenvalue weighted by Gasteiger charge is -2.05. The Bertz CT molecular complexity index is 842. The van der Waals surface area contributed by atoms with Crippen molar-refractivity contribution in [1.82, 2.24) is 5.43 Å². The zero-order chi connectivity index (χ0) is 15.4. The Morgan fingerprint density at radius 2 is 1.59 bits per heavy atom. The molecule has 22 heavy (non-hydrogen) atoms. The van der Waals surface area contributed by atoms with Gasteiger partial charge in [-0.25, -0.2) is 5.43 Å². The molecule has 1 amide bonds. The summed E-state index contributed by atoms with van der Waals surface area (Å²) >= 11 is 0. The highest BCUT2D eigenvalue weighted by molar-refractivity contribution is 6.01. The Balaban J connectivity index is 1.80. The summed E-state index contributed by atoms with van der Waals surface area (Å²) in [7, 11) is 0. The van der Waals surface area contributed by atoms with Crippen molar-refractivity contribution in [2.45, 2.75) is 0 Å². The van der Waals surface area contributed by atoms with Crippen LogP contribution in [0.15, 0.2) is 71.8 Å². The van der Waals surface area contributed by atoms with Crippen LogP contribution in [0.5, 0.6) is 5.75 Å². The maximum atomic E-state index is 12.1. The second-order valence-corrected chi connectivity index (χ2v) is 4.83. The molecule has 0 aromatic heterocycles. The zero-order valence-corrected chi connectivity index (χ0v) is 11.7. The van der Waals surface area contributed by atoms with E-state index in [0.29, 0.717) is 0 Å². The summed E-state index contributed by atoms with van der Waals surface area (Å²) in [6.45, 7) is 0. The highest BCUT2D eigenvalue weighted by atomic mass is 16.3. The van der Waals surface area contributed by atoms with Crippen LogP contribution in [0.4, 0.5) is 0 Å². The van der Waals surface area contributed by atoms with Crippen LogP contribution < -0.4 is 5.43 Å². The summed E-state index contributed by atoms with van der Waals surface area (Å²) in [4.78, 5) is 12.1. The van der Waals surface area contributed by atoms with Crippen LogP contribution in [0.3, 0.4) is 0 Å². The van der Waals surface area contributed by atoms with E-state index in [4.69, 9.17) is 0 Å². The Labute approximate surface area is 127 Å². The fourth-order valence-electron chi connectivity index (χ4n) is 2.17. The highest BCUT2D eigenvalue weighted by Gasteiger charge is 2.11. The first-order valence-corrected chi connectivity index (χ1v) is 6.84. The Morgan fingerprint density at radius 1 is 0.955 bits per heavy atom. The van der Waals surface area contributed by atoms with Crippen molar-refractivity contribution >= 4 is 22.9 Å². The summed E-state index contributed by atoms with van der Waals surface area (Å²) in [5.74, 6) is -0.512. The van der Waals surface area contributed by atoms with Crippen LogP contribution in [-0.2, 0) is 0 Å². The molecule has 0 aliphatic rings. The molecule has 3 rings (SSSR count). The van der Waals surface area contributed by atoms with Crippen molar-refractivity contribution in [1.29, 1.82) is 0 Å². The molecule has 0 saturated heterocycles. The summed E-state index contributed by atoms with van der Waals surface area (Å²) in [6, 6.07) is 20.2. The second kappa shape index (κ2) is 6.10. The maximum absolute atomic E-state index is 12.1. The van der Waals surface area contributed by atoms with E-state index in [-0.39, 0.29) is 11.3 Å². The first-order valence-electron chi connectivity index (χ1n) is 6.84. The molecule has 2 N–H and O–H groups in total. The number of hydrazone groups is 1. The van der Waals surface area contributed by atoms with Crippen LogP contribution in [-0.4, -0.2) is 17.2 Å². The predicted molar refractivity (Wildman–Crippen MR) is 87.1 cm³/mol. The number of nitrogens with one attached hydrogen (secondary N) is 1. The van der Waals surface area contributed by atoms with Crippen LogP contribution >= 0.6 is 0 Å². The molecule has 0 aliphatic carbocycles. The number of phenolic OH excluding ortho intramolecular Hbond substituents is 1. The van der Waals surface area contributed by atoms with Crippen molar-refractivity contribution < 1.29 is 9.90 Å². The molecule has 0 fully saturated rings. The number of hydrogen-bond donors (Lipinski definition) is 2. The van der Waals surface area contributed by atoms with Gasteiger partial charge >= 0.3 is 0 Å². The van der Waals surface area contributed by atoms with Crippen molar-refractivity contribution in [2.24, 2.45) is 5.10 Å². The molecule has 0 spiro atoms. The topological polar surface area (TPSA) is 61.7 Å². The van der Waals surface area contributed by atoms with Gasteiger partial charge in [-0.15, -0.1) is 0 Å². The van der Waals surface area contributed by atoms with Crippen molar-refractivity contribution in [2.75, 3.05) is 0 Å². The van der Waals surface area contributed by atoms with Crippen molar-refractivity contribution in [3.8, 4) is 5.75 Å². The first kappa shape index (κ1) is 13.8. The van der Waals surface area contributed by atoms with Gasteiger partial charge in [0.05, 0.1) is 11.8 Å². The molecule has 0 aliphatic heterocycles. The number of phenols is 1. The van der Waals surface area contributed by atoms with Gasteiger partial charge in [0.15, 0.2) is 0 Å². The predicted octanol–water partition coefficient (Wildman–Crippen LogP) is 3.31. The summed E-state index contributed by atoms with van der Waals surface area (Å²) in [5, 5.41) is 15.7. The van der Waals surface area contributed by atoms with Gasteiger partial charge in [0.1, 0.15) is 5.75 Å². The number of aromatic hydroxyl groups is 1. The Kier molecular flexibility index (Phi) is 3.83. The minimum Gasteiger partial charge on any atom is -0.507 e. The third-order valence-corrected chi connectivity index (χ3v) is 3.29. The molecule has 0 saturated carbocycles. The molecular formula is C18H14N2O2. The van der Waals surface area contributed by atoms with E-state index in [1.807, 2.05) is 54.6 Å². The van der Waals surface area contributed by atoms with E-state index in [1.54, 1.807) is 18.3 Å². The number of carbonyl (C=O) groups is 1. The number of fused-ring (bicyclic) bond motifs is 1. The number of rotatable bonds is 3. The molecule has 108 valence electrons. The Morgan fingerprint density at radius 3 is 2.32 bits per heavy atom. The Hall–Kier alpha value is -3.14. The van der Waals surface area contributed by atoms with Gasteiger partial charge < -0.3 is 5.11 Å². The highest BCUT2D eigenvalue weighted by Crippen LogP contribution is 2.24. The molecule has 0 heterocycles. The monoisotopic (exact) mass is 290 g/mol. The number of hydrogen-bond acceptors (Lipinski definition) is 3. The van der Waals surface area contributed by atoms with Gasteiger partial charge in [-0.2, -0.15) is 5.10 Å². The van der Waals surface area contributed by atoms with Gasteiger partial charge in [0, 0.05) is 0 Å². The van der Waals surface area contributed by atoms with E-state index in [1.165, 1.54) is 0 Å². The van der Waals surface area contributed by atoms with Gasteiger partial charge in [-0.3, -0.25) is 4.79 Å². The average Bonchev–Trinajstić information content (AvgIpc) is 2.55. The van der Waals surface area contributed by atoms with Crippen LogP contribution in [0, 0.1) is 0 Å². The minimum absolute atomic E-state index is 0.0638. The van der Waals surface area contributed by atoms with Crippen LogP contribution in [0.25, 0.3) is 10.8 Å². The number of nitrogens with zero attached hydrogens (tertiary/aromatic N) is 1. The summed E-state index contributed by atoms with van der Waals surface area (Å²) in [5.41, 5.74) is 3.50. The van der Waals surface area contributed by atoms with Gasteiger partial charge in [-0.1, -0.05) is 54.6 Å². The van der Waals surface area contributed by atoms with E-state index >= 15 is 0 Å². The van der Waals surface area contributed by atoms with Crippen molar-refractivity contribution in [3.05, 3.63) is 77.9 Å². The zero-order valence-electron chi connectivity index (χ0n) is 11.7. The SMILES string of the molecule is O=C(NN=Cc1ccccc1)c1cc2ccccc2cc1O. The van der Waals surface area contributed by atoms with E-state index in [0.717, 1.165) is 16.3 Å². The molecular weight excluding hydrogens is 276 g/mol. The number of amides is 1. The quantitative estimate of drug-likeness (QED) is 0.574. The summed E-state index contributed by atoms with van der Waals surface area (Å²) < 4.78 is 0. The largest absolute Gasteiger partial charge is 0.507 e. The minimum atomic E-state index is -0.449. The molecule has 3 aromatic carbocycles. The maximum Gasteiger partial charge on any atom is 0.275 e. The third-order valence-electron chi connectivity index (χ3n) is 3.29. The fraction of sp³-hybridized carbons (Fsp3) is 0. The number of benzene rings is 3. The lowest BCUT2D eigenvalue weighted by Crippen LogP contribution is -2.17. The average molecular weight is 290 g/mol. The molecule has 4 heteroatoms. The van der Waals surface area contributed by atoms with Gasteiger partial charge in [-0.05, 0) is 28.5 Å². The van der Waals surface area contributed by atoms with Gasteiger partial charge in [0.2, 0.25) is 0 Å². The lowest BCUT2D eigenvalue weighted by molar-refractivity contribution is 0.0952. The molecule has 0 atom stereocenters. The van der Waals surface area contributed by atoms with Gasteiger partial charge in [0.25, 0.3) is 5.91 Å². The molecule has 3 aromatic rings. The van der Waals surface area contributed by atoms with E-state index in [2.05, 4.69) is 10.5 Å². The van der Waals surface area contributed by atoms with Crippen molar-refractivity contribution in [3.63, 3.8) is 0 Å². The van der Waals surface area contributed by atoms with Crippen LogP contribution in [0.1, 0.15) is 15.9 Å². The smallest absolute Gasteiger partial charge is 0.275 e. The third kappa shape index (κ3) is 2.96. The number of carbonyl (C=O) groups excluding carboxylic acids is 1. The van der Waals surface area contributed by atoms with E-state index in [9.17, 15) is 9.90 Å². The fourth-order valence-corrected chi connectivity index (χ4v) is 2.17. The molecule has 0 radical (unpaired) electrons. The first-order chi connectivity index (χ1) is 10.7. The normalized spacial score (nSPS) is 10.9. The molecule has 0 bridgehead atoms. The standard InChI is InChI=1S/C18H14N2O2/c21-17-11-15-9-5-4-8-14(15)10-16(17)18(22)20-19-12-13-6-2-1-3-7-13/h1-12,21H,(H,20,22). The van der Waals surface area contributed by atoms with E-state index < -0.39 is 5.91 Å². The second-order valence-electron chi connectivity index (χ2n) is 4.83. The molecule has 0 unspecified atom stereocenters.